The summed E-state index contributed by atoms with van der Waals surface area (Å²) in [6.45, 7) is 4.93. The van der Waals surface area contributed by atoms with E-state index in [1.807, 2.05) is 42.5 Å². The van der Waals surface area contributed by atoms with Gasteiger partial charge in [0, 0.05) is 6.42 Å². The number of aliphatic imine (C=N–C) groups is 1. The molecule has 154 valence electrons. The Hall–Kier alpha value is -2.75. The van der Waals surface area contributed by atoms with Crippen molar-refractivity contribution in [3.63, 3.8) is 0 Å². The SMILES string of the molecule is Cc1cccc(C)c1N=C(COCc1ccccc1)C1(O)CCc2ccccc2C1. The Labute approximate surface area is 179 Å². The predicted octanol–water partition coefficient (Wildman–Crippen LogP) is 5.51. The number of ether oxygens (including phenoxy) is 1. The first-order chi connectivity index (χ1) is 14.5. The number of hydrogen-bond donors (Lipinski definition) is 1. The Balaban J connectivity index is 1.64. The van der Waals surface area contributed by atoms with E-state index in [2.05, 4.69) is 44.2 Å². The van der Waals surface area contributed by atoms with Gasteiger partial charge in [-0.3, -0.25) is 4.99 Å². The third-order valence-electron chi connectivity index (χ3n) is 5.98. The van der Waals surface area contributed by atoms with Gasteiger partial charge in [0.2, 0.25) is 0 Å². The zero-order valence-electron chi connectivity index (χ0n) is 17.8. The van der Waals surface area contributed by atoms with Crippen LogP contribution in [0.3, 0.4) is 0 Å². The first kappa shape index (κ1) is 20.5. The largest absolute Gasteiger partial charge is 0.383 e. The fraction of sp³-hybridized carbons (Fsp3) is 0.296. The molecule has 1 aliphatic carbocycles. The summed E-state index contributed by atoms with van der Waals surface area (Å²) in [6, 6.07) is 24.7. The second kappa shape index (κ2) is 8.95. The van der Waals surface area contributed by atoms with Crippen LogP contribution in [0, 0.1) is 13.8 Å². The van der Waals surface area contributed by atoms with Crippen molar-refractivity contribution in [1.29, 1.82) is 0 Å². The molecule has 0 aliphatic heterocycles. The molecule has 0 heterocycles. The number of aliphatic hydroxyl groups is 1. The molecule has 1 N–H and O–H groups in total. The van der Waals surface area contributed by atoms with Crippen LogP contribution in [0.5, 0.6) is 0 Å². The lowest BCUT2D eigenvalue weighted by atomic mass is 9.77. The highest BCUT2D eigenvalue weighted by Gasteiger charge is 2.37. The lowest BCUT2D eigenvalue weighted by Gasteiger charge is -2.35. The summed E-state index contributed by atoms with van der Waals surface area (Å²) in [4.78, 5) is 5.00. The van der Waals surface area contributed by atoms with E-state index in [1.54, 1.807) is 0 Å². The Bertz CT molecular complexity index is 1020. The number of nitrogens with zero attached hydrogens (tertiary/aromatic N) is 1. The molecule has 0 aromatic heterocycles. The van der Waals surface area contributed by atoms with E-state index in [1.165, 1.54) is 11.1 Å². The van der Waals surface area contributed by atoms with Gasteiger partial charge in [-0.15, -0.1) is 0 Å². The van der Waals surface area contributed by atoms with Crippen molar-refractivity contribution in [2.45, 2.75) is 45.3 Å². The number of rotatable bonds is 6. The van der Waals surface area contributed by atoms with Gasteiger partial charge < -0.3 is 9.84 Å². The van der Waals surface area contributed by atoms with Crippen molar-refractivity contribution >= 4 is 11.4 Å². The summed E-state index contributed by atoms with van der Waals surface area (Å²) >= 11 is 0. The molecule has 0 bridgehead atoms. The molecule has 1 unspecified atom stereocenters. The molecule has 0 fully saturated rings. The molecule has 3 nitrogen and oxygen atoms in total. The van der Waals surface area contributed by atoms with Crippen molar-refractivity contribution in [2.75, 3.05) is 6.61 Å². The average molecular weight is 400 g/mol. The first-order valence-corrected chi connectivity index (χ1v) is 10.6. The second-order valence-corrected chi connectivity index (χ2v) is 8.25. The number of fused-ring (bicyclic) bond motifs is 1. The molecule has 3 aromatic carbocycles. The minimum atomic E-state index is -1.00. The van der Waals surface area contributed by atoms with Crippen LogP contribution in [0.2, 0.25) is 0 Å². The van der Waals surface area contributed by atoms with Gasteiger partial charge in [0.25, 0.3) is 0 Å². The van der Waals surface area contributed by atoms with E-state index in [-0.39, 0.29) is 0 Å². The molecule has 0 spiro atoms. The molecule has 4 rings (SSSR count). The average Bonchev–Trinajstić information content (AvgIpc) is 2.75. The van der Waals surface area contributed by atoms with E-state index >= 15 is 0 Å². The maximum absolute atomic E-state index is 11.7. The van der Waals surface area contributed by atoms with Gasteiger partial charge in [-0.05, 0) is 54.5 Å². The molecule has 30 heavy (non-hydrogen) atoms. The third-order valence-corrected chi connectivity index (χ3v) is 5.98. The van der Waals surface area contributed by atoms with Crippen molar-refractivity contribution in [2.24, 2.45) is 4.99 Å². The van der Waals surface area contributed by atoms with E-state index in [0.29, 0.717) is 31.8 Å². The van der Waals surface area contributed by atoms with E-state index in [0.717, 1.165) is 28.8 Å². The lowest BCUT2D eigenvalue weighted by molar-refractivity contribution is 0.0790. The molecule has 0 radical (unpaired) electrons. The summed E-state index contributed by atoms with van der Waals surface area (Å²) in [5, 5.41) is 11.7. The van der Waals surface area contributed by atoms with Gasteiger partial charge in [-0.2, -0.15) is 0 Å². The number of para-hydroxylation sites is 1. The molecule has 0 saturated carbocycles. The van der Waals surface area contributed by atoms with E-state index in [9.17, 15) is 5.11 Å². The maximum Gasteiger partial charge on any atom is 0.109 e. The van der Waals surface area contributed by atoms with Crippen molar-refractivity contribution in [3.05, 3.63) is 101 Å². The van der Waals surface area contributed by atoms with Gasteiger partial charge >= 0.3 is 0 Å². The smallest absolute Gasteiger partial charge is 0.109 e. The van der Waals surface area contributed by atoms with Gasteiger partial charge in [-0.25, -0.2) is 0 Å². The van der Waals surface area contributed by atoms with Crippen LogP contribution < -0.4 is 0 Å². The quantitative estimate of drug-likeness (QED) is 0.555. The van der Waals surface area contributed by atoms with Gasteiger partial charge in [0.05, 0.1) is 24.6 Å². The zero-order valence-corrected chi connectivity index (χ0v) is 17.8. The lowest BCUT2D eigenvalue weighted by Crippen LogP contribution is -2.46. The molecule has 1 atom stereocenters. The Morgan fingerprint density at radius 1 is 0.900 bits per heavy atom. The molecule has 3 aromatic rings. The monoisotopic (exact) mass is 399 g/mol. The van der Waals surface area contributed by atoms with E-state index in [4.69, 9.17) is 9.73 Å². The Morgan fingerprint density at radius 3 is 2.30 bits per heavy atom. The molecule has 0 amide bonds. The van der Waals surface area contributed by atoms with Crippen LogP contribution in [0.15, 0.2) is 77.8 Å². The molecule has 3 heteroatoms. The molecule has 1 aliphatic rings. The number of benzene rings is 3. The van der Waals surface area contributed by atoms with Crippen LogP contribution >= 0.6 is 0 Å². The summed E-state index contributed by atoms with van der Waals surface area (Å²) < 4.78 is 6.05. The maximum atomic E-state index is 11.7. The summed E-state index contributed by atoms with van der Waals surface area (Å²) in [5.74, 6) is 0. The molecule has 0 saturated heterocycles. The number of hydrogen-bond acceptors (Lipinski definition) is 3. The highest BCUT2D eigenvalue weighted by molar-refractivity contribution is 5.96. The Morgan fingerprint density at radius 2 is 1.57 bits per heavy atom. The van der Waals surface area contributed by atoms with E-state index < -0.39 is 5.60 Å². The van der Waals surface area contributed by atoms with Crippen LogP contribution in [0.25, 0.3) is 0 Å². The third kappa shape index (κ3) is 4.53. The summed E-state index contributed by atoms with van der Waals surface area (Å²) in [6.07, 6.45) is 2.07. The fourth-order valence-electron chi connectivity index (χ4n) is 4.19. The molecular weight excluding hydrogens is 370 g/mol. The Kier molecular flexibility index (Phi) is 6.12. The minimum Gasteiger partial charge on any atom is -0.383 e. The first-order valence-electron chi connectivity index (χ1n) is 10.6. The van der Waals surface area contributed by atoms with Gasteiger partial charge in [0.15, 0.2) is 0 Å². The number of aryl methyl sites for hydroxylation is 3. The standard InChI is InChI=1S/C27H29NO2/c1-20-9-8-10-21(2)26(20)28-25(19-30-18-22-11-4-3-5-12-22)27(29)16-15-23-13-6-7-14-24(23)17-27/h3-14,29H,15-19H2,1-2H3. The second-order valence-electron chi connectivity index (χ2n) is 8.25. The highest BCUT2D eigenvalue weighted by atomic mass is 16.5. The minimum absolute atomic E-state index is 0.307. The zero-order chi connectivity index (χ0) is 21.0. The van der Waals surface area contributed by atoms with Crippen molar-refractivity contribution in [1.82, 2.24) is 0 Å². The van der Waals surface area contributed by atoms with Crippen molar-refractivity contribution in [3.8, 4) is 0 Å². The summed E-state index contributed by atoms with van der Waals surface area (Å²) in [5.41, 5.74) is 6.49. The predicted molar refractivity (Wildman–Crippen MR) is 123 cm³/mol. The van der Waals surface area contributed by atoms with Crippen LogP contribution in [0.4, 0.5) is 5.69 Å². The van der Waals surface area contributed by atoms with Gasteiger partial charge in [0.1, 0.15) is 5.60 Å². The van der Waals surface area contributed by atoms with Crippen LogP contribution in [0.1, 0.15) is 34.2 Å². The van der Waals surface area contributed by atoms with Crippen LogP contribution in [-0.2, 0) is 24.2 Å². The van der Waals surface area contributed by atoms with Crippen molar-refractivity contribution < 1.29 is 9.84 Å². The van der Waals surface area contributed by atoms with Gasteiger partial charge in [-0.1, -0.05) is 72.8 Å². The highest BCUT2D eigenvalue weighted by Crippen LogP contribution is 2.32. The summed E-state index contributed by atoms with van der Waals surface area (Å²) in [7, 11) is 0. The fourth-order valence-corrected chi connectivity index (χ4v) is 4.19. The van der Waals surface area contributed by atoms with Crippen LogP contribution in [-0.4, -0.2) is 23.0 Å². The normalized spacial score (nSPS) is 18.8. The molecular formula is C27H29NO2. The topological polar surface area (TPSA) is 41.8 Å².